The van der Waals surface area contributed by atoms with Crippen LogP contribution in [0.2, 0.25) is 0 Å². The molecule has 1 fully saturated rings. The van der Waals surface area contributed by atoms with Crippen LogP contribution in [0.5, 0.6) is 0 Å². The maximum Gasteiger partial charge on any atom is 0.214 e. The van der Waals surface area contributed by atoms with E-state index < -0.39 is 5.95 Å². The molecule has 0 spiro atoms. The molecule has 3 rings (SSSR count). The summed E-state index contributed by atoms with van der Waals surface area (Å²) < 4.78 is 15.0. The molecule has 1 saturated heterocycles. The highest BCUT2D eigenvalue weighted by atomic mass is 19.1. The number of rotatable bonds is 3. The number of aryl methyl sites for hydroxylation is 1. The highest BCUT2D eigenvalue weighted by molar-refractivity contribution is 5.40. The fraction of sp³-hybridized carbons (Fsp3) is 0.500. The molecule has 0 radical (unpaired) electrons. The van der Waals surface area contributed by atoms with E-state index in [0.29, 0.717) is 5.82 Å². The van der Waals surface area contributed by atoms with E-state index in [4.69, 9.17) is 0 Å². The van der Waals surface area contributed by atoms with Crippen LogP contribution in [0.15, 0.2) is 24.4 Å². The van der Waals surface area contributed by atoms with Gasteiger partial charge in [0.25, 0.3) is 0 Å². The molecule has 1 unspecified atom stereocenters. The minimum atomic E-state index is -0.429. The van der Waals surface area contributed by atoms with Crippen molar-refractivity contribution in [2.24, 2.45) is 7.05 Å². The Balaban J connectivity index is 1.64. The van der Waals surface area contributed by atoms with Gasteiger partial charge in [0, 0.05) is 45.5 Å². The average Bonchev–Trinajstić information content (AvgIpc) is 2.84. The van der Waals surface area contributed by atoms with Crippen molar-refractivity contribution in [2.75, 3.05) is 24.5 Å². The second kappa shape index (κ2) is 5.77. The second-order valence-electron chi connectivity index (χ2n) is 5.48. The minimum Gasteiger partial charge on any atom is -0.351 e. The third-order valence-electron chi connectivity index (χ3n) is 3.74. The third-order valence-corrected chi connectivity index (χ3v) is 3.74. The first-order chi connectivity index (χ1) is 10.1. The Morgan fingerprint density at radius 1 is 1.33 bits per heavy atom. The van der Waals surface area contributed by atoms with Gasteiger partial charge in [0.2, 0.25) is 5.95 Å². The van der Waals surface area contributed by atoms with Crippen LogP contribution >= 0.6 is 0 Å². The van der Waals surface area contributed by atoms with Crippen molar-refractivity contribution in [3.63, 3.8) is 0 Å². The fourth-order valence-corrected chi connectivity index (χ4v) is 2.77. The molecule has 1 aliphatic heterocycles. The molecule has 112 valence electrons. The standard InChI is InChI=1S/C14H19FN6/c1-11-8-20(10-12-9-19(2)18-17-12)6-7-21(11)14-5-3-4-13(15)16-14/h3-5,9,11H,6-8,10H2,1-2H3. The van der Waals surface area contributed by atoms with Crippen LogP contribution in [0.25, 0.3) is 0 Å². The Hall–Kier alpha value is -2.02. The summed E-state index contributed by atoms with van der Waals surface area (Å²) in [6.07, 6.45) is 1.94. The molecule has 1 aliphatic rings. The first-order valence-electron chi connectivity index (χ1n) is 7.08. The van der Waals surface area contributed by atoms with Crippen molar-refractivity contribution in [1.29, 1.82) is 0 Å². The average molecular weight is 290 g/mol. The summed E-state index contributed by atoms with van der Waals surface area (Å²) in [6.45, 7) is 5.56. The topological polar surface area (TPSA) is 50.1 Å². The van der Waals surface area contributed by atoms with E-state index in [1.54, 1.807) is 10.7 Å². The van der Waals surface area contributed by atoms with Crippen LogP contribution in [0.1, 0.15) is 12.6 Å². The summed E-state index contributed by atoms with van der Waals surface area (Å²) in [5.74, 6) is 0.281. The molecular weight excluding hydrogens is 271 g/mol. The first-order valence-corrected chi connectivity index (χ1v) is 7.08. The van der Waals surface area contributed by atoms with Gasteiger partial charge in [0.05, 0.1) is 5.69 Å². The van der Waals surface area contributed by atoms with E-state index in [-0.39, 0.29) is 6.04 Å². The van der Waals surface area contributed by atoms with E-state index in [2.05, 4.69) is 32.0 Å². The zero-order valence-electron chi connectivity index (χ0n) is 12.3. The van der Waals surface area contributed by atoms with E-state index in [9.17, 15) is 4.39 Å². The summed E-state index contributed by atoms with van der Waals surface area (Å²) in [6, 6.07) is 5.22. The largest absolute Gasteiger partial charge is 0.351 e. The molecule has 6 nitrogen and oxygen atoms in total. The van der Waals surface area contributed by atoms with Crippen molar-refractivity contribution < 1.29 is 4.39 Å². The number of nitrogens with zero attached hydrogens (tertiary/aromatic N) is 6. The fourth-order valence-electron chi connectivity index (χ4n) is 2.77. The molecule has 0 N–H and O–H groups in total. The number of anilines is 1. The van der Waals surface area contributed by atoms with Crippen LogP contribution in [-0.2, 0) is 13.6 Å². The lowest BCUT2D eigenvalue weighted by Crippen LogP contribution is -2.52. The number of halogens is 1. The quantitative estimate of drug-likeness (QED) is 0.791. The Morgan fingerprint density at radius 3 is 2.86 bits per heavy atom. The SMILES string of the molecule is CC1CN(Cc2cn(C)nn2)CCN1c1cccc(F)n1. The van der Waals surface area contributed by atoms with E-state index in [1.165, 1.54) is 6.07 Å². The smallest absolute Gasteiger partial charge is 0.214 e. The molecule has 0 saturated carbocycles. The van der Waals surface area contributed by atoms with Crippen molar-refractivity contribution in [3.05, 3.63) is 36.0 Å². The Bertz CT molecular complexity index is 613. The summed E-state index contributed by atoms with van der Waals surface area (Å²) >= 11 is 0. The Morgan fingerprint density at radius 2 is 2.19 bits per heavy atom. The van der Waals surface area contributed by atoms with Gasteiger partial charge in [0.15, 0.2) is 0 Å². The molecular formula is C14H19FN6. The van der Waals surface area contributed by atoms with Gasteiger partial charge in [-0.05, 0) is 19.1 Å². The second-order valence-corrected chi connectivity index (χ2v) is 5.48. The Kier molecular flexibility index (Phi) is 3.83. The van der Waals surface area contributed by atoms with Crippen molar-refractivity contribution in [2.45, 2.75) is 19.5 Å². The van der Waals surface area contributed by atoms with E-state index >= 15 is 0 Å². The van der Waals surface area contributed by atoms with Crippen molar-refractivity contribution >= 4 is 5.82 Å². The molecule has 3 heterocycles. The van der Waals surface area contributed by atoms with Crippen LogP contribution < -0.4 is 4.90 Å². The minimum absolute atomic E-state index is 0.282. The van der Waals surface area contributed by atoms with Gasteiger partial charge in [0.1, 0.15) is 5.82 Å². The maximum atomic E-state index is 13.3. The molecule has 0 amide bonds. The number of pyridine rings is 1. The predicted octanol–water partition coefficient (Wildman–Crippen LogP) is 1.06. The Labute approximate surface area is 123 Å². The molecule has 21 heavy (non-hydrogen) atoms. The lowest BCUT2D eigenvalue weighted by molar-refractivity contribution is 0.218. The van der Waals surface area contributed by atoms with Gasteiger partial charge >= 0.3 is 0 Å². The van der Waals surface area contributed by atoms with Crippen LogP contribution in [0, 0.1) is 5.95 Å². The molecule has 0 bridgehead atoms. The van der Waals surface area contributed by atoms with Crippen molar-refractivity contribution in [3.8, 4) is 0 Å². The van der Waals surface area contributed by atoms with Gasteiger partial charge in [-0.2, -0.15) is 4.39 Å². The molecule has 1 atom stereocenters. The first kappa shape index (κ1) is 13.9. The molecule has 0 aliphatic carbocycles. The van der Waals surface area contributed by atoms with E-state index in [1.807, 2.05) is 19.3 Å². The van der Waals surface area contributed by atoms with Gasteiger partial charge in [-0.3, -0.25) is 9.58 Å². The zero-order chi connectivity index (χ0) is 14.8. The van der Waals surface area contributed by atoms with Crippen LogP contribution in [0.3, 0.4) is 0 Å². The molecule has 2 aromatic rings. The molecule has 2 aromatic heterocycles. The van der Waals surface area contributed by atoms with Crippen LogP contribution in [0.4, 0.5) is 10.2 Å². The zero-order valence-corrected chi connectivity index (χ0v) is 12.3. The maximum absolute atomic E-state index is 13.3. The highest BCUT2D eigenvalue weighted by Gasteiger charge is 2.25. The summed E-state index contributed by atoms with van der Waals surface area (Å²) in [5.41, 5.74) is 0.974. The van der Waals surface area contributed by atoms with Gasteiger partial charge in [-0.1, -0.05) is 11.3 Å². The molecule has 7 heteroatoms. The number of aromatic nitrogens is 4. The normalized spacial score (nSPS) is 20.0. The van der Waals surface area contributed by atoms with Gasteiger partial charge < -0.3 is 4.90 Å². The van der Waals surface area contributed by atoms with Gasteiger partial charge in [-0.15, -0.1) is 5.10 Å². The number of piperazine rings is 1. The summed E-state index contributed by atoms with van der Waals surface area (Å²) in [4.78, 5) is 8.46. The molecule has 0 aromatic carbocycles. The summed E-state index contributed by atoms with van der Waals surface area (Å²) in [7, 11) is 1.87. The predicted molar refractivity (Wildman–Crippen MR) is 77.3 cm³/mol. The van der Waals surface area contributed by atoms with Crippen LogP contribution in [-0.4, -0.2) is 50.6 Å². The number of hydrogen-bond donors (Lipinski definition) is 0. The lowest BCUT2D eigenvalue weighted by atomic mass is 10.2. The lowest BCUT2D eigenvalue weighted by Gasteiger charge is -2.40. The third kappa shape index (κ3) is 3.18. The summed E-state index contributed by atoms with van der Waals surface area (Å²) in [5, 5.41) is 8.07. The van der Waals surface area contributed by atoms with E-state index in [0.717, 1.165) is 31.9 Å². The monoisotopic (exact) mass is 290 g/mol. The van der Waals surface area contributed by atoms with Crippen molar-refractivity contribution in [1.82, 2.24) is 24.9 Å². The highest BCUT2D eigenvalue weighted by Crippen LogP contribution is 2.19. The number of hydrogen-bond acceptors (Lipinski definition) is 5. The van der Waals surface area contributed by atoms with Gasteiger partial charge in [-0.25, -0.2) is 4.98 Å².